The van der Waals surface area contributed by atoms with E-state index in [9.17, 15) is 14.7 Å². The van der Waals surface area contributed by atoms with E-state index in [1.165, 1.54) is 6.92 Å². The average Bonchev–Trinajstić information content (AvgIpc) is 2.16. The highest BCUT2D eigenvalue weighted by Crippen LogP contribution is 2.49. The highest BCUT2D eigenvalue weighted by molar-refractivity contribution is 6.01. The molecule has 3 N–H and O–H groups in total. The highest BCUT2D eigenvalue weighted by Gasteiger charge is 2.54. The highest BCUT2D eigenvalue weighted by atomic mass is 16.4. The van der Waals surface area contributed by atoms with Gasteiger partial charge in [-0.1, -0.05) is 26.2 Å². The summed E-state index contributed by atoms with van der Waals surface area (Å²) in [4.78, 5) is 22.7. The summed E-state index contributed by atoms with van der Waals surface area (Å²) in [6.07, 6.45) is 4.60. The molecule has 0 aromatic heterocycles. The lowest BCUT2D eigenvalue weighted by Crippen LogP contribution is -2.53. The Morgan fingerprint density at radius 2 is 1.73 bits per heavy atom. The predicted octanol–water partition coefficient (Wildman–Crippen LogP) is 1.53. The topological polar surface area (TPSA) is 80.4 Å². The van der Waals surface area contributed by atoms with Crippen molar-refractivity contribution in [2.24, 2.45) is 16.6 Å². The normalized spacial score (nSPS) is 24.1. The standard InChI is InChI=1S/C11H19NO3/c1-10(6-4-3-5-7-10)11(2,8(12)13)9(14)15/h3-7H2,1-2H3,(H2,12,13)(H,14,15). The molecule has 0 radical (unpaired) electrons. The van der Waals surface area contributed by atoms with Crippen molar-refractivity contribution >= 4 is 11.9 Å². The van der Waals surface area contributed by atoms with Gasteiger partial charge in [-0.2, -0.15) is 0 Å². The van der Waals surface area contributed by atoms with Crippen LogP contribution in [0, 0.1) is 10.8 Å². The zero-order valence-electron chi connectivity index (χ0n) is 9.38. The fraction of sp³-hybridized carbons (Fsp3) is 0.818. The second-order valence-electron chi connectivity index (χ2n) is 4.92. The van der Waals surface area contributed by atoms with Crippen LogP contribution in [0.4, 0.5) is 0 Å². The first kappa shape index (κ1) is 12.0. The summed E-state index contributed by atoms with van der Waals surface area (Å²) in [5.41, 5.74) is 3.33. The van der Waals surface area contributed by atoms with Gasteiger partial charge in [0.2, 0.25) is 5.91 Å². The molecule has 15 heavy (non-hydrogen) atoms. The number of aliphatic carboxylic acids is 1. The van der Waals surface area contributed by atoms with Gasteiger partial charge in [0.15, 0.2) is 0 Å². The lowest BCUT2D eigenvalue weighted by Gasteiger charge is -2.44. The molecule has 1 fully saturated rings. The van der Waals surface area contributed by atoms with Crippen molar-refractivity contribution in [3.8, 4) is 0 Å². The number of carboxylic acid groups (broad SMARTS) is 1. The predicted molar refractivity (Wildman–Crippen MR) is 56.1 cm³/mol. The number of carboxylic acids is 1. The Kier molecular flexibility index (Phi) is 3.07. The zero-order chi connectivity index (χ0) is 11.7. The Morgan fingerprint density at radius 3 is 2.07 bits per heavy atom. The summed E-state index contributed by atoms with van der Waals surface area (Å²) in [7, 11) is 0. The van der Waals surface area contributed by atoms with Crippen molar-refractivity contribution in [2.75, 3.05) is 0 Å². The summed E-state index contributed by atoms with van der Waals surface area (Å²) in [5.74, 6) is -1.82. The third kappa shape index (κ3) is 1.73. The number of primary amides is 1. The summed E-state index contributed by atoms with van der Waals surface area (Å²) < 4.78 is 0. The SMILES string of the molecule is CC1(C(C)(C(N)=O)C(=O)O)CCCCC1. The Labute approximate surface area is 89.8 Å². The molecule has 0 spiro atoms. The Balaban J connectivity index is 3.07. The molecule has 1 rings (SSSR count). The average molecular weight is 213 g/mol. The number of hydrogen-bond acceptors (Lipinski definition) is 2. The van der Waals surface area contributed by atoms with Crippen molar-refractivity contribution in [3.05, 3.63) is 0 Å². The fourth-order valence-corrected chi connectivity index (χ4v) is 2.49. The first-order valence-corrected chi connectivity index (χ1v) is 5.38. The smallest absolute Gasteiger partial charge is 0.319 e. The lowest BCUT2D eigenvalue weighted by atomic mass is 9.58. The van der Waals surface area contributed by atoms with Gasteiger partial charge in [0.05, 0.1) is 0 Å². The Bertz CT molecular complexity index is 266. The largest absolute Gasteiger partial charge is 0.480 e. The second-order valence-corrected chi connectivity index (χ2v) is 4.92. The van der Waals surface area contributed by atoms with Gasteiger partial charge in [-0.3, -0.25) is 9.59 Å². The number of amides is 1. The quantitative estimate of drug-likeness (QED) is 0.698. The molecule has 1 atom stereocenters. The van der Waals surface area contributed by atoms with E-state index in [1.54, 1.807) is 0 Å². The summed E-state index contributed by atoms with van der Waals surface area (Å²) in [6.45, 7) is 3.33. The lowest BCUT2D eigenvalue weighted by molar-refractivity contribution is -0.164. The van der Waals surface area contributed by atoms with Gasteiger partial charge in [-0.15, -0.1) is 0 Å². The van der Waals surface area contributed by atoms with Crippen molar-refractivity contribution in [1.82, 2.24) is 0 Å². The number of nitrogens with two attached hydrogens (primary N) is 1. The monoisotopic (exact) mass is 213 g/mol. The second kappa shape index (κ2) is 3.83. The summed E-state index contributed by atoms with van der Waals surface area (Å²) in [6, 6.07) is 0. The maximum atomic E-state index is 11.4. The molecule has 86 valence electrons. The van der Waals surface area contributed by atoms with Crippen LogP contribution in [0.5, 0.6) is 0 Å². The minimum atomic E-state index is -1.44. The van der Waals surface area contributed by atoms with Crippen molar-refractivity contribution < 1.29 is 14.7 Å². The molecule has 0 saturated heterocycles. The summed E-state index contributed by atoms with van der Waals surface area (Å²) >= 11 is 0. The molecule has 1 amide bonds. The number of rotatable bonds is 3. The van der Waals surface area contributed by atoms with Crippen LogP contribution in [0.3, 0.4) is 0 Å². The van der Waals surface area contributed by atoms with Gasteiger partial charge in [0.25, 0.3) is 0 Å². The van der Waals surface area contributed by atoms with E-state index in [4.69, 9.17) is 5.73 Å². The third-order valence-corrected chi connectivity index (χ3v) is 4.08. The molecule has 1 aliphatic rings. The van der Waals surface area contributed by atoms with E-state index in [1.807, 2.05) is 6.92 Å². The van der Waals surface area contributed by atoms with Gasteiger partial charge >= 0.3 is 5.97 Å². The van der Waals surface area contributed by atoms with Crippen LogP contribution in [-0.4, -0.2) is 17.0 Å². The molecule has 0 aromatic rings. The Hall–Kier alpha value is -1.06. The zero-order valence-corrected chi connectivity index (χ0v) is 9.38. The van der Waals surface area contributed by atoms with Gasteiger partial charge in [-0.05, 0) is 25.2 Å². The molecule has 1 unspecified atom stereocenters. The van der Waals surface area contributed by atoms with Crippen LogP contribution in [0.1, 0.15) is 46.0 Å². The van der Waals surface area contributed by atoms with Gasteiger partial charge < -0.3 is 10.8 Å². The first-order valence-electron chi connectivity index (χ1n) is 5.38. The van der Waals surface area contributed by atoms with E-state index in [0.29, 0.717) is 0 Å². The molecule has 4 heteroatoms. The molecule has 0 bridgehead atoms. The molecular weight excluding hydrogens is 194 g/mol. The molecule has 0 aromatic carbocycles. The minimum absolute atomic E-state index is 0.497. The van der Waals surface area contributed by atoms with E-state index >= 15 is 0 Å². The van der Waals surface area contributed by atoms with Crippen molar-refractivity contribution in [3.63, 3.8) is 0 Å². The molecule has 4 nitrogen and oxygen atoms in total. The third-order valence-electron chi connectivity index (χ3n) is 4.08. The Morgan fingerprint density at radius 1 is 1.27 bits per heavy atom. The van der Waals surface area contributed by atoms with E-state index < -0.39 is 22.7 Å². The minimum Gasteiger partial charge on any atom is -0.480 e. The van der Waals surface area contributed by atoms with Crippen LogP contribution < -0.4 is 5.73 Å². The maximum absolute atomic E-state index is 11.4. The molecule has 1 saturated carbocycles. The molecular formula is C11H19NO3. The fourth-order valence-electron chi connectivity index (χ4n) is 2.49. The van der Waals surface area contributed by atoms with Crippen LogP contribution >= 0.6 is 0 Å². The van der Waals surface area contributed by atoms with E-state index in [-0.39, 0.29) is 0 Å². The number of carbonyl (C=O) groups is 2. The van der Waals surface area contributed by atoms with Gasteiger partial charge in [0, 0.05) is 0 Å². The number of hydrogen-bond donors (Lipinski definition) is 2. The van der Waals surface area contributed by atoms with Crippen LogP contribution in [0.25, 0.3) is 0 Å². The first-order chi connectivity index (χ1) is 6.84. The summed E-state index contributed by atoms with van der Waals surface area (Å²) in [5, 5.41) is 9.22. The van der Waals surface area contributed by atoms with Crippen LogP contribution in [-0.2, 0) is 9.59 Å². The van der Waals surface area contributed by atoms with Crippen molar-refractivity contribution in [2.45, 2.75) is 46.0 Å². The molecule has 0 aliphatic heterocycles. The molecule has 1 aliphatic carbocycles. The van der Waals surface area contributed by atoms with Crippen LogP contribution in [0.2, 0.25) is 0 Å². The van der Waals surface area contributed by atoms with E-state index in [0.717, 1.165) is 32.1 Å². The van der Waals surface area contributed by atoms with Gasteiger partial charge in [-0.25, -0.2) is 0 Å². The maximum Gasteiger partial charge on any atom is 0.319 e. The number of carbonyl (C=O) groups excluding carboxylic acids is 1. The van der Waals surface area contributed by atoms with E-state index in [2.05, 4.69) is 0 Å². The van der Waals surface area contributed by atoms with Crippen molar-refractivity contribution in [1.29, 1.82) is 0 Å². The van der Waals surface area contributed by atoms with Gasteiger partial charge in [0.1, 0.15) is 5.41 Å². The van der Waals surface area contributed by atoms with Crippen LogP contribution in [0.15, 0.2) is 0 Å². The molecule has 0 heterocycles.